The first kappa shape index (κ1) is 16.8. The lowest BCUT2D eigenvalue weighted by Crippen LogP contribution is -2.34. The number of rotatable bonds is 8. The van der Waals surface area contributed by atoms with Crippen LogP contribution in [0.1, 0.15) is 25.3 Å². The Bertz CT molecular complexity index is 360. The van der Waals surface area contributed by atoms with Gasteiger partial charge in [0, 0.05) is 16.1 Å². The van der Waals surface area contributed by atoms with Crippen LogP contribution >= 0.6 is 23.2 Å². The fourth-order valence-electron chi connectivity index (χ4n) is 2.01. The summed E-state index contributed by atoms with van der Waals surface area (Å²) in [7, 11) is 4.19. The molecule has 0 aliphatic carbocycles. The van der Waals surface area contributed by atoms with E-state index in [0.29, 0.717) is 6.04 Å². The summed E-state index contributed by atoms with van der Waals surface area (Å²) in [6.45, 7) is 4.27. The monoisotopic (exact) mass is 302 g/mol. The van der Waals surface area contributed by atoms with Crippen LogP contribution < -0.4 is 5.32 Å². The molecule has 0 spiro atoms. The Balaban J connectivity index is 2.69. The highest BCUT2D eigenvalue weighted by atomic mass is 35.5. The Hall–Kier alpha value is -0.280. The van der Waals surface area contributed by atoms with E-state index in [9.17, 15) is 0 Å². The van der Waals surface area contributed by atoms with Crippen molar-refractivity contribution < 1.29 is 0 Å². The fraction of sp³-hybridized carbons (Fsp3) is 0.600. The van der Waals surface area contributed by atoms with Gasteiger partial charge >= 0.3 is 0 Å². The summed E-state index contributed by atoms with van der Waals surface area (Å²) in [5.41, 5.74) is 1.05. The minimum absolute atomic E-state index is 0.416. The van der Waals surface area contributed by atoms with Gasteiger partial charge in [0.05, 0.1) is 0 Å². The van der Waals surface area contributed by atoms with Crippen LogP contribution in [0.3, 0.4) is 0 Å². The molecule has 108 valence electrons. The average molecular weight is 303 g/mol. The summed E-state index contributed by atoms with van der Waals surface area (Å²) in [6.07, 6.45) is 3.11. The zero-order chi connectivity index (χ0) is 14.3. The quantitative estimate of drug-likeness (QED) is 0.784. The SMILES string of the molecule is CCCNC(CCN(C)C)Cc1c(Cl)cccc1Cl. The zero-order valence-electron chi connectivity index (χ0n) is 12.0. The molecular formula is C15H24Cl2N2. The standard InChI is InChI=1S/C15H24Cl2N2/c1-4-9-18-12(8-10-19(2)3)11-13-14(16)6-5-7-15(13)17/h5-7,12,18H,4,8-11H2,1-3H3. The zero-order valence-corrected chi connectivity index (χ0v) is 13.6. The van der Waals surface area contributed by atoms with Crippen molar-refractivity contribution in [1.82, 2.24) is 10.2 Å². The number of halogens is 2. The highest BCUT2D eigenvalue weighted by Gasteiger charge is 2.13. The number of nitrogens with one attached hydrogen (secondary N) is 1. The normalized spacial score (nSPS) is 12.9. The second-order valence-electron chi connectivity index (χ2n) is 5.15. The van der Waals surface area contributed by atoms with Gasteiger partial charge in [-0.05, 0) is 64.1 Å². The third-order valence-corrected chi connectivity index (χ3v) is 3.83. The van der Waals surface area contributed by atoms with Gasteiger partial charge in [-0.25, -0.2) is 0 Å². The largest absolute Gasteiger partial charge is 0.314 e. The molecule has 0 aliphatic heterocycles. The molecule has 1 rings (SSSR count). The minimum Gasteiger partial charge on any atom is -0.314 e. The molecule has 0 saturated carbocycles. The second-order valence-corrected chi connectivity index (χ2v) is 5.96. The first-order valence-electron chi connectivity index (χ1n) is 6.85. The Morgan fingerprint density at radius 3 is 2.37 bits per heavy atom. The average Bonchev–Trinajstić information content (AvgIpc) is 2.36. The van der Waals surface area contributed by atoms with Gasteiger partial charge in [0.2, 0.25) is 0 Å². The topological polar surface area (TPSA) is 15.3 Å². The highest BCUT2D eigenvalue weighted by Crippen LogP contribution is 2.26. The summed E-state index contributed by atoms with van der Waals surface area (Å²) in [4.78, 5) is 2.20. The van der Waals surface area contributed by atoms with Gasteiger partial charge in [-0.3, -0.25) is 0 Å². The summed E-state index contributed by atoms with van der Waals surface area (Å²) in [6, 6.07) is 6.12. The van der Waals surface area contributed by atoms with Crippen molar-refractivity contribution >= 4 is 23.2 Å². The summed E-state index contributed by atoms with van der Waals surface area (Å²) < 4.78 is 0. The third-order valence-electron chi connectivity index (χ3n) is 3.12. The number of hydrogen-bond acceptors (Lipinski definition) is 2. The van der Waals surface area contributed by atoms with E-state index in [-0.39, 0.29) is 0 Å². The molecule has 1 aromatic rings. The molecule has 2 nitrogen and oxygen atoms in total. The smallest absolute Gasteiger partial charge is 0.0453 e. The van der Waals surface area contributed by atoms with E-state index in [1.807, 2.05) is 18.2 Å². The van der Waals surface area contributed by atoms with Crippen molar-refractivity contribution in [2.45, 2.75) is 32.2 Å². The molecule has 0 saturated heterocycles. The molecule has 0 radical (unpaired) electrons. The van der Waals surface area contributed by atoms with Gasteiger partial charge in [-0.15, -0.1) is 0 Å². The number of nitrogens with zero attached hydrogens (tertiary/aromatic N) is 1. The lowest BCUT2D eigenvalue weighted by molar-refractivity contribution is 0.356. The summed E-state index contributed by atoms with van der Waals surface area (Å²) in [5.74, 6) is 0. The van der Waals surface area contributed by atoms with E-state index >= 15 is 0 Å². The van der Waals surface area contributed by atoms with Crippen LogP contribution in [0.4, 0.5) is 0 Å². The molecule has 0 bridgehead atoms. The van der Waals surface area contributed by atoms with E-state index < -0.39 is 0 Å². The first-order chi connectivity index (χ1) is 9.04. The second kappa shape index (κ2) is 8.80. The molecule has 0 fully saturated rings. The van der Waals surface area contributed by atoms with Crippen molar-refractivity contribution in [3.05, 3.63) is 33.8 Å². The molecule has 4 heteroatoms. The highest BCUT2D eigenvalue weighted by molar-refractivity contribution is 6.35. The maximum atomic E-state index is 6.25. The van der Waals surface area contributed by atoms with Crippen LogP contribution in [0.15, 0.2) is 18.2 Å². The molecule has 1 aromatic carbocycles. The van der Waals surface area contributed by atoms with Crippen molar-refractivity contribution in [3.63, 3.8) is 0 Å². The number of hydrogen-bond donors (Lipinski definition) is 1. The molecule has 1 unspecified atom stereocenters. The van der Waals surface area contributed by atoms with Crippen molar-refractivity contribution in [2.24, 2.45) is 0 Å². The fourth-order valence-corrected chi connectivity index (χ4v) is 2.56. The Labute approximate surface area is 127 Å². The maximum absolute atomic E-state index is 6.25. The van der Waals surface area contributed by atoms with Gasteiger partial charge < -0.3 is 10.2 Å². The Kier molecular flexibility index (Phi) is 7.77. The van der Waals surface area contributed by atoms with Gasteiger partial charge in [0.1, 0.15) is 0 Å². The summed E-state index contributed by atoms with van der Waals surface area (Å²) >= 11 is 12.5. The predicted molar refractivity (Wildman–Crippen MR) is 85.4 cm³/mol. The lowest BCUT2D eigenvalue weighted by atomic mass is 10.0. The van der Waals surface area contributed by atoms with Crippen molar-refractivity contribution in [3.8, 4) is 0 Å². The van der Waals surface area contributed by atoms with Gasteiger partial charge in [-0.1, -0.05) is 36.2 Å². The lowest BCUT2D eigenvalue weighted by Gasteiger charge is -2.21. The van der Waals surface area contributed by atoms with Gasteiger partial charge in [0.15, 0.2) is 0 Å². The van der Waals surface area contributed by atoms with Gasteiger partial charge in [-0.2, -0.15) is 0 Å². The molecule has 0 heterocycles. The number of benzene rings is 1. The van der Waals surface area contributed by atoms with Crippen molar-refractivity contribution in [1.29, 1.82) is 0 Å². The predicted octanol–water partition coefficient (Wildman–Crippen LogP) is 3.86. The molecule has 0 amide bonds. The molecule has 19 heavy (non-hydrogen) atoms. The Morgan fingerprint density at radius 2 is 1.84 bits per heavy atom. The van der Waals surface area contributed by atoms with Crippen LogP contribution in [0.25, 0.3) is 0 Å². The minimum atomic E-state index is 0.416. The van der Waals surface area contributed by atoms with Crippen LogP contribution in [0.2, 0.25) is 10.0 Å². The van der Waals surface area contributed by atoms with E-state index in [2.05, 4.69) is 31.2 Å². The van der Waals surface area contributed by atoms with Crippen LogP contribution in [-0.2, 0) is 6.42 Å². The van der Waals surface area contributed by atoms with Crippen LogP contribution in [-0.4, -0.2) is 38.1 Å². The molecule has 1 N–H and O–H groups in total. The molecule has 0 aromatic heterocycles. The summed E-state index contributed by atoms with van der Waals surface area (Å²) in [5, 5.41) is 5.11. The third kappa shape index (κ3) is 6.13. The van der Waals surface area contributed by atoms with Crippen molar-refractivity contribution in [2.75, 3.05) is 27.2 Å². The first-order valence-corrected chi connectivity index (χ1v) is 7.61. The maximum Gasteiger partial charge on any atom is 0.0453 e. The van der Waals surface area contributed by atoms with Crippen LogP contribution in [0, 0.1) is 0 Å². The van der Waals surface area contributed by atoms with E-state index in [0.717, 1.165) is 48.0 Å². The van der Waals surface area contributed by atoms with E-state index in [1.54, 1.807) is 0 Å². The van der Waals surface area contributed by atoms with E-state index in [4.69, 9.17) is 23.2 Å². The van der Waals surface area contributed by atoms with E-state index in [1.165, 1.54) is 0 Å². The molecule has 1 atom stereocenters. The molecular weight excluding hydrogens is 279 g/mol. The molecule has 0 aliphatic rings. The van der Waals surface area contributed by atoms with Crippen LogP contribution in [0.5, 0.6) is 0 Å². The Morgan fingerprint density at radius 1 is 1.21 bits per heavy atom. The van der Waals surface area contributed by atoms with Gasteiger partial charge in [0.25, 0.3) is 0 Å².